The number of amides is 2. The zero-order chi connectivity index (χ0) is 13.8. The molecule has 1 saturated carbocycles. The average Bonchev–Trinajstić information content (AvgIpc) is 2.72. The summed E-state index contributed by atoms with van der Waals surface area (Å²) in [4.78, 5) is 22.3. The molecule has 1 aliphatic carbocycles. The Bertz CT molecular complexity index is 465. The van der Waals surface area contributed by atoms with Crippen molar-refractivity contribution in [3.8, 4) is 0 Å². The van der Waals surface area contributed by atoms with Crippen LogP contribution in [-0.2, 0) is 6.54 Å². The highest BCUT2D eigenvalue weighted by atomic mass is 16.4. The summed E-state index contributed by atoms with van der Waals surface area (Å²) in [5.74, 6) is -0.244. The van der Waals surface area contributed by atoms with E-state index >= 15 is 0 Å². The maximum absolute atomic E-state index is 11.6. The van der Waals surface area contributed by atoms with Crippen molar-refractivity contribution in [3.63, 3.8) is 0 Å². The normalized spacial score (nSPS) is 16.5. The van der Waals surface area contributed by atoms with Gasteiger partial charge in [-0.05, 0) is 37.8 Å². The summed E-state index contributed by atoms with van der Waals surface area (Å²) in [5, 5.41) is 14.2. The van der Waals surface area contributed by atoms with Crippen molar-refractivity contribution in [2.75, 3.05) is 0 Å². The lowest BCUT2D eigenvalue weighted by Crippen LogP contribution is -2.45. The monoisotopic (exact) mass is 266 g/mol. The number of carboxylic acid groups (broad SMARTS) is 1. The van der Waals surface area contributed by atoms with E-state index in [2.05, 4.69) is 10.6 Å². The van der Waals surface area contributed by atoms with Gasteiger partial charge in [0.2, 0.25) is 5.76 Å². The van der Waals surface area contributed by atoms with E-state index < -0.39 is 5.97 Å². The summed E-state index contributed by atoms with van der Waals surface area (Å²) in [7, 11) is 0. The van der Waals surface area contributed by atoms with Crippen LogP contribution in [0.2, 0.25) is 0 Å². The fourth-order valence-corrected chi connectivity index (χ4v) is 2.07. The fourth-order valence-electron chi connectivity index (χ4n) is 2.07. The van der Waals surface area contributed by atoms with Crippen LogP contribution >= 0.6 is 0 Å². The fraction of sp³-hybridized carbons (Fsp3) is 0.538. The maximum atomic E-state index is 11.6. The van der Waals surface area contributed by atoms with Gasteiger partial charge in [-0.2, -0.15) is 0 Å². The van der Waals surface area contributed by atoms with Crippen molar-refractivity contribution in [2.24, 2.45) is 5.92 Å². The molecular weight excluding hydrogens is 248 g/mol. The number of aromatic carboxylic acids is 1. The summed E-state index contributed by atoms with van der Waals surface area (Å²) in [6.45, 7) is 2.18. The van der Waals surface area contributed by atoms with Crippen LogP contribution in [0.5, 0.6) is 0 Å². The Morgan fingerprint density at radius 1 is 1.47 bits per heavy atom. The van der Waals surface area contributed by atoms with E-state index in [9.17, 15) is 9.59 Å². The number of carbonyl (C=O) groups is 2. The lowest BCUT2D eigenvalue weighted by Gasteiger charge is -2.31. The molecule has 0 bridgehead atoms. The Morgan fingerprint density at radius 2 is 2.21 bits per heavy atom. The second kappa shape index (κ2) is 5.77. The molecule has 1 unspecified atom stereocenters. The SMILES string of the molecule is CC(NC(=O)NCc1ccc(C(=O)O)o1)C1CCC1. The van der Waals surface area contributed by atoms with Gasteiger partial charge in [0.1, 0.15) is 5.76 Å². The molecule has 0 spiro atoms. The topological polar surface area (TPSA) is 91.6 Å². The first-order chi connectivity index (χ1) is 9.06. The van der Waals surface area contributed by atoms with Gasteiger partial charge in [-0.25, -0.2) is 9.59 Å². The predicted molar refractivity (Wildman–Crippen MR) is 67.8 cm³/mol. The number of nitrogens with one attached hydrogen (secondary N) is 2. The summed E-state index contributed by atoms with van der Waals surface area (Å²) in [6, 6.07) is 2.82. The number of carbonyl (C=O) groups excluding carboxylic acids is 1. The van der Waals surface area contributed by atoms with Gasteiger partial charge >= 0.3 is 12.0 Å². The van der Waals surface area contributed by atoms with Gasteiger partial charge in [-0.1, -0.05) is 6.42 Å². The number of urea groups is 1. The Hall–Kier alpha value is -1.98. The molecule has 1 heterocycles. The highest BCUT2D eigenvalue weighted by molar-refractivity contribution is 5.84. The third kappa shape index (κ3) is 3.49. The smallest absolute Gasteiger partial charge is 0.371 e. The molecule has 0 radical (unpaired) electrons. The van der Waals surface area contributed by atoms with Gasteiger partial charge in [-0.3, -0.25) is 0 Å². The van der Waals surface area contributed by atoms with Gasteiger partial charge in [0.15, 0.2) is 0 Å². The first-order valence-electron chi connectivity index (χ1n) is 6.42. The van der Waals surface area contributed by atoms with Gasteiger partial charge < -0.3 is 20.2 Å². The minimum Gasteiger partial charge on any atom is -0.475 e. The molecule has 3 N–H and O–H groups in total. The highest BCUT2D eigenvalue weighted by Gasteiger charge is 2.24. The molecule has 19 heavy (non-hydrogen) atoms. The molecule has 1 fully saturated rings. The summed E-state index contributed by atoms with van der Waals surface area (Å²) >= 11 is 0. The lowest BCUT2D eigenvalue weighted by atomic mass is 9.80. The van der Waals surface area contributed by atoms with Crippen LogP contribution in [0.1, 0.15) is 42.5 Å². The predicted octanol–water partition coefficient (Wildman–Crippen LogP) is 1.97. The van der Waals surface area contributed by atoms with E-state index in [1.807, 2.05) is 6.92 Å². The van der Waals surface area contributed by atoms with Gasteiger partial charge in [-0.15, -0.1) is 0 Å². The molecule has 1 aromatic rings. The van der Waals surface area contributed by atoms with E-state index in [0.29, 0.717) is 11.7 Å². The zero-order valence-corrected chi connectivity index (χ0v) is 10.8. The molecule has 1 atom stereocenters. The van der Waals surface area contributed by atoms with E-state index in [1.54, 1.807) is 6.07 Å². The summed E-state index contributed by atoms with van der Waals surface area (Å²) in [5.41, 5.74) is 0. The number of carboxylic acids is 1. The quantitative estimate of drug-likeness (QED) is 0.759. The van der Waals surface area contributed by atoms with Crippen LogP contribution in [0.4, 0.5) is 4.79 Å². The lowest BCUT2D eigenvalue weighted by molar-refractivity contribution is 0.0660. The van der Waals surface area contributed by atoms with E-state index in [1.165, 1.54) is 25.3 Å². The molecule has 1 aromatic heterocycles. The molecule has 0 aromatic carbocycles. The third-order valence-electron chi connectivity index (χ3n) is 3.51. The van der Waals surface area contributed by atoms with Crippen molar-refractivity contribution in [3.05, 3.63) is 23.7 Å². The molecule has 2 amide bonds. The second-order valence-electron chi connectivity index (χ2n) is 4.88. The Labute approximate surface area is 111 Å². The molecule has 6 heteroatoms. The summed E-state index contributed by atoms with van der Waals surface area (Å²) < 4.78 is 5.04. The number of hydrogen-bond acceptors (Lipinski definition) is 3. The second-order valence-corrected chi connectivity index (χ2v) is 4.88. The van der Waals surface area contributed by atoms with Crippen molar-refractivity contribution < 1.29 is 19.1 Å². The van der Waals surface area contributed by atoms with E-state index in [-0.39, 0.29) is 24.4 Å². The Morgan fingerprint density at radius 3 is 2.74 bits per heavy atom. The van der Waals surface area contributed by atoms with Gasteiger partial charge in [0, 0.05) is 6.04 Å². The van der Waals surface area contributed by atoms with Crippen molar-refractivity contribution in [1.29, 1.82) is 0 Å². The van der Waals surface area contributed by atoms with Crippen LogP contribution in [0, 0.1) is 5.92 Å². The zero-order valence-electron chi connectivity index (χ0n) is 10.8. The van der Waals surface area contributed by atoms with E-state index in [0.717, 1.165) is 0 Å². The third-order valence-corrected chi connectivity index (χ3v) is 3.51. The highest BCUT2D eigenvalue weighted by Crippen LogP contribution is 2.29. The molecule has 2 rings (SSSR count). The minimum absolute atomic E-state index is 0.125. The number of furan rings is 1. The summed E-state index contributed by atoms with van der Waals surface area (Å²) in [6.07, 6.45) is 3.58. The van der Waals surface area contributed by atoms with Crippen LogP contribution in [0.3, 0.4) is 0 Å². The standard InChI is InChI=1S/C13H18N2O4/c1-8(9-3-2-4-9)15-13(18)14-7-10-5-6-11(19-10)12(16)17/h5-6,8-9H,2-4,7H2,1H3,(H,16,17)(H2,14,15,18). The molecule has 6 nitrogen and oxygen atoms in total. The van der Waals surface area contributed by atoms with Crippen LogP contribution in [-0.4, -0.2) is 23.1 Å². The van der Waals surface area contributed by atoms with Crippen LogP contribution < -0.4 is 10.6 Å². The molecular formula is C13H18N2O4. The molecule has 0 aliphatic heterocycles. The Kier molecular flexibility index (Phi) is 4.09. The minimum atomic E-state index is -1.12. The van der Waals surface area contributed by atoms with Crippen LogP contribution in [0.15, 0.2) is 16.5 Å². The molecule has 0 saturated heterocycles. The first kappa shape index (κ1) is 13.5. The molecule has 104 valence electrons. The number of hydrogen-bond donors (Lipinski definition) is 3. The van der Waals surface area contributed by atoms with Crippen molar-refractivity contribution >= 4 is 12.0 Å². The molecule has 1 aliphatic rings. The van der Waals surface area contributed by atoms with Crippen molar-refractivity contribution in [1.82, 2.24) is 10.6 Å². The average molecular weight is 266 g/mol. The van der Waals surface area contributed by atoms with Gasteiger partial charge in [0.05, 0.1) is 6.54 Å². The van der Waals surface area contributed by atoms with Gasteiger partial charge in [0.25, 0.3) is 0 Å². The maximum Gasteiger partial charge on any atom is 0.371 e. The number of rotatable bonds is 5. The van der Waals surface area contributed by atoms with E-state index in [4.69, 9.17) is 9.52 Å². The van der Waals surface area contributed by atoms with Crippen molar-refractivity contribution in [2.45, 2.75) is 38.8 Å². The first-order valence-corrected chi connectivity index (χ1v) is 6.42. The van der Waals surface area contributed by atoms with Crippen LogP contribution in [0.25, 0.3) is 0 Å². The largest absolute Gasteiger partial charge is 0.475 e. The Balaban J connectivity index is 1.74.